The van der Waals surface area contributed by atoms with Crippen molar-refractivity contribution in [3.63, 3.8) is 0 Å². The highest BCUT2D eigenvalue weighted by atomic mass is 16.5. The van der Waals surface area contributed by atoms with Crippen molar-refractivity contribution in [2.75, 3.05) is 19.8 Å². The van der Waals surface area contributed by atoms with E-state index in [1.54, 1.807) is 12.1 Å². The molecule has 6 nitrogen and oxygen atoms in total. The van der Waals surface area contributed by atoms with Gasteiger partial charge in [-0.2, -0.15) is 0 Å². The molecule has 2 aromatic rings. The largest absolute Gasteiger partial charge is 0.488 e. The molecule has 0 radical (unpaired) electrons. The zero-order valence-electron chi connectivity index (χ0n) is 14.4. The third-order valence-electron chi connectivity index (χ3n) is 3.64. The predicted molar refractivity (Wildman–Crippen MR) is 90.2 cm³/mol. The molecule has 0 atom stereocenters. The highest BCUT2D eigenvalue weighted by Crippen LogP contribution is 2.21. The van der Waals surface area contributed by atoms with Crippen LogP contribution in [0, 0.1) is 13.8 Å². The van der Waals surface area contributed by atoms with Crippen molar-refractivity contribution >= 4 is 5.91 Å². The molecule has 0 aliphatic rings. The Hall–Kier alpha value is -2.34. The first kappa shape index (κ1) is 18.0. The number of carbonyl (C=O) groups is 1. The molecule has 130 valence electrons. The summed E-state index contributed by atoms with van der Waals surface area (Å²) in [5, 5.41) is 6.79. The van der Waals surface area contributed by atoms with Crippen LogP contribution in [0.15, 0.2) is 28.8 Å². The number of benzene rings is 1. The van der Waals surface area contributed by atoms with Gasteiger partial charge < -0.3 is 19.3 Å². The average molecular weight is 332 g/mol. The van der Waals surface area contributed by atoms with Crippen molar-refractivity contribution in [2.45, 2.75) is 33.8 Å². The molecule has 1 N–H and O–H groups in total. The lowest BCUT2D eigenvalue weighted by atomic mass is 10.1. The Morgan fingerprint density at radius 2 is 2.08 bits per heavy atom. The van der Waals surface area contributed by atoms with E-state index in [1.165, 1.54) is 0 Å². The molecule has 1 aromatic carbocycles. The quantitative estimate of drug-likeness (QED) is 0.715. The molecule has 1 amide bonds. The van der Waals surface area contributed by atoms with E-state index < -0.39 is 0 Å². The number of para-hydroxylation sites is 1. The average Bonchev–Trinajstić information content (AvgIpc) is 2.91. The number of hydrogen-bond acceptors (Lipinski definition) is 5. The minimum Gasteiger partial charge on any atom is -0.488 e. The first-order valence-electron chi connectivity index (χ1n) is 8.13. The molecule has 0 saturated carbocycles. The lowest BCUT2D eigenvalue weighted by Crippen LogP contribution is -2.25. The van der Waals surface area contributed by atoms with Crippen LogP contribution in [-0.4, -0.2) is 30.8 Å². The maximum Gasteiger partial charge on any atom is 0.255 e. The number of aryl methyl sites for hydroxylation is 2. The minimum atomic E-state index is -0.152. The topological polar surface area (TPSA) is 73.6 Å². The van der Waals surface area contributed by atoms with E-state index in [0.717, 1.165) is 23.4 Å². The lowest BCUT2D eigenvalue weighted by molar-refractivity contribution is 0.0940. The lowest BCUT2D eigenvalue weighted by Gasteiger charge is -2.11. The van der Waals surface area contributed by atoms with Crippen LogP contribution in [0.2, 0.25) is 0 Å². The molecule has 0 fully saturated rings. The van der Waals surface area contributed by atoms with Crippen molar-refractivity contribution in [3.8, 4) is 5.75 Å². The van der Waals surface area contributed by atoms with E-state index in [1.807, 2.05) is 32.9 Å². The van der Waals surface area contributed by atoms with Crippen LogP contribution in [0.5, 0.6) is 5.75 Å². The first-order chi connectivity index (χ1) is 11.6. The number of ether oxygens (including phenoxy) is 2. The summed E-state index contributed by atoms with van der Waals surface area (Å²) < 4.78 is 16.2. The Bertz CT molecular complexity index is 647. The SMILES string of the molecule is CCOCCCNC(=O)c1ccccc1OCc1c(C)noc1C. The van der Waals surface area contributed by atoms with Gasteiger partial charge in [0.1, 0.15) is 18.1 Å². The van der Waals surface area contributed by atoms with Gasteiger partial charge in [-0.3, -0.25) is 4.79 Å². The second kappa shape index (κ2) is 9.08. The van der Waals surface area contributed by atoms with Gasteiger partial charge in [-0.05, 0) is 39.3 Å². The van der Waals surface area contributed by atoms with E-state index in [-0.39, 0.29) is 5.91 Å². The van der Waals surface area contributed by atoms with Crippen LogP contribution in [0.25, 0.3) is 0 Å². The Morgan fingerprint density at radius 3 is 2.79 bits per heavy atom. The smallest absolute Gasteiger partial charge is 0.255 e. The van der Waals surface area contributed by atoms with Crippen molar-refractivity contribution in [2.24, 2.45) is 0 Å². The maximum atomic E-state index is 12.3. The molecule has 0 aliphatic heterocycles. The minimum absolute atomic E-state index is 0.152. The summed E-state index contributed by atoms with van der Waals surface area (Å²) in [6.07, 6.45) is 0.779. The van der Waals surface area contributed by atoms with Crippen LogP contribution >= 0.6 is 0 Å². The molecule has 2 rings (SSSR count). The summed E-state index contributed by atoms with van der Waals surface area (Å²) in [5.74, 6) is 1.12. The number of rotatable bonds is 9. The summed E-state index contributed by atoms with van der Waals surface area (Å²) in [6, 6.07) is 7.19. The molecule has 0 spiro atoms. The van der Waals surface area contributed by atoms with Crippen LogP contribution in [0.3, 0.4) is 0 Å². The molecule has 0 bridgehead atoms. The molecule has 0 saturated heterocycles. The Kier molecular flexibility index (Phi) is 6.81. The number of aromatic nitrogens is 1. The molecular formula is C18H24N2O4. The van der Waals surface area contributed by atoms with Gasteiger partial charge in [0.2, 0.25) is 0 Å². The molecule has 24 heavy (non-hydrogen) atoms. The fourth-order valence-electron chi connectivity index (χ4n) is 2.25. The second-order valence-electron chi connectivity index (χ2n) is 5.39. The summed E-state index contributed by atoms with van der Waals surface area (Å²) in [4.78, 5) is 12.3. The molecule has 1 heterocycles. The van der Waals surface area contributed by atoms with E-state index >= 15 is 0 Å². The van der Waals surface area contributed by atoms with Gasteiger partial charge in [0.15, 0.2) is 0 Å². The number of hydrogen-bond donors (Lipinski definition) is 1. The van der Waals surface area contributed by atoms with Gasteiger partial charge in [-0.15, -0.1) is 0 Å². The molecule has 0 unspecified atom stereocenters. The Labute approximate surface area is 142 Å². The van der Waals surface area contributed by atoms with Gasteiger partial charge in [0.05, 0.1) is 16.8 Å². The summed E-state index contributed by atoms with van der Waals surface area (Å²) >= 11 is 0. The van der Waals surface area contributed by atoms with Crippen molar-refractivity contribution in [1.29, 1.82) is 0 Å². The number of amides is 1. The van der Waals surface area contributed by atoms with Crippen molar-refractivity contribution < 1.29 is 18.8 Å². The second-order valence-corrected chi connectivity index (χ2v) is 5.39. The highest BCUT2D eigenvalue weighted by molar-refractivity contribution is 5.96. The van der Waals surface area contributed by atoms with Gasteiger partial charge in [-0.1, -0.05) is 17.3 Å². The van der Waals surface area contributed by atoms with Crippen molar-refractivity contribution in [3.05, 3.63) is 46.8 Å². The van der Waals surface area contributed by atoms with E-state index in [4.69, 9.17) is 14.0 Å². The first-order valence-corrected chi connectivity index (χ1v) is 8.13. The predicted octanol–water partition coefficient (Wildman–Crippen LogP) is 3.03. The van der Waals surface area contributed by atoms with Crippen LogP contribution in [0.4, 0.5) is 0 Å². The Morgan fingerprint density at radius 1 is 1.29 bits per heavy atom. The zero-order valence-corrected chi connectivity index (χ0v) is 14.4. The van der Waals surface area contributed by atoms with Gasteiger partial charge in [-0.25, -0.2) is 0 Å². The van der Waals surface area contributed by atoms with Gasteiger partial charge in [0.25, 0.3) is 5.91 Å². The van der Waals surface area contributed by atoms with Crippen molar-refractivity contribution in [1.82, 2.24) is 10.5 Å². The summed E-state index contributed by atoms with van der Waals surface area (Å²) in [6.45, 7) is 7.87. The summed E-state index contributed by atoms with van der Waals surface area (Å²) in [5.41, 5.74) is 2.22. The molecular weight excluding hydrogens is 308 g/mol. The molecule has 6 heteroatoms. The number of carbonyl (C=O) groups excluding carboxylic acids is 1. The zero-order chi connectivity index (χ0) is 17.4. The third-order valence-corrected chi connectivity index (χ3v) is 3.64. The third kappa shape index (κ3) is 4.83. The van der Waals surface area contributed by atoms with E-state index in [0.29, 0.717) is 37.7 Å². The monoisotopic (exact) mass is 332 g/mol. The fourth-order valence-corrected chi connectivity index (χ4v) is 2.25. The fraction of sp³-hybridized carbons (Fsp3) is 0.444. The van der Waals surface area contributed by atoms with Crippen LogP contribution in [-0.2, 0) is 11.3 Å². The molecule has 1 aromatic heterocycles. The number of nitrogens with one attached hydrogen (secondary N) is 1. The maximum absolute atomic E-state index is 12.3. The Balaban J connectivity index is 1.95. The summed E-state index contributed by atoms with van der Waals surface area (Å²) in [7, 11) is 0. The van der Waals surface area contributed by atoms with Crippen LogP contribution in [0.1, 0.15) is 40.7 Å². The normalized spacial score (nSPS) is 10.6. The molecule has 0 aliphatic carbocycles. The van der Waals surface area contributed by atoms with Gasteiger partial charge in [0, 0.05) is 19.8 Å². The highest BCUT2D eigenvalue weighted by Gasteiger charge is 2.14. The van der Waals surface area contributed by atoms with E-state index in [2.05, 4.69) is 10.5 Å². The number of nitrogens with zero attached hydrogens (tertiary/aromatic N) is 1. The van der Waals surface area contributed by atoms with Crippen LogP contribution < -0.4 is 10.1 Å². The van der Waals surface area contributed by atoms with E-state index in [9.17, 15) is 4.79 Å². The standard InChI is InChI=1S/C18H24N2O4/c1-4-22-11-7-10-19-18(21)15-8-5-6-9-17(15)23-12-16-13(2)20-24-14(16)3/h5-6,8-9H,4,7,10-12H2,1-3H3,(H,19,21). The van der Waals surface area contributed by atoms with Gasteiger partial charge >= 0.3 is 0 Å².